The van der Waals surface area contributed by atoms with Gasteiger partial charge in [0.05, 0.1) is 6.04 Å². The quantitative estimate of drug-likeness (QED) is 0.358. The van der Waals surface area contributed by atoms with E-state index in [-0.39, 0.29) is 24.4 Å². The summed E-state index contributed by atoms with van der Waals surface area (Å²) in [7, 11) is 0. The van der Waals surface area contributed by atoms with Crippen molar-refractivity contribution in [2.24, 2.45) is 0 Å². The second kappa shape index (κ2) is 11.2. The van der Waals surface area contributed by atoms with Crippen LogP contribution in [0.15, 0.2) is 64.5 Å². The van der Waals surface area contributed by atoms with Gasteiger partial charge >= 0.3 is 0 Å². The number of fused-ring (bicyclic) bond motifs is 1. The smallest absolute Gasteiger partial charge is 0.254 e. The van der Waals surface area contributed by atoms with Gasteiger partial charge in [-0.25, -0.2) is 0 Å². The summed E-state index contributed by atoms with van der Waals surface area (Å²) in [5.74, 6) is 0.612. The molecule has 0 saturated carbocycles. The summed E-state index contributed by atoms with van der Waals surface area (Å²) in [6, 6.07) is 17.2. The second-order valence-electron chi connectivity index (χ2n) is 8.51. The van der Waals surface area contributed by atoms with Gasteiger partial charge < -0.3 is 14.5 Å². The molecule has 1 atom stereocenters. The maximum Gasteiger partial charge on any atom is 0.254 e. The lowest BCUT2D eigenvalue weighted by molar-refractivity contribution is -0.135. The van der Waals surface area contributed by atoms with Crippen molar-refractivity contribution in [1.29, 1.82) is 0 Å². The average Bonchev–Trinajstić information content (AvgIpc) is 3.32. The zero-order chi connectivity index (χ0) is 24.1. The van der Waals surface area contributed by atoms with E-state index in [1.165, 1.54) is 10.4 Å². The fourth-order valence-electron chi connectivity index (χ4n) is 4.26. The molecule has 5 nitrogen and oxygen atoms in total. The van der Waals surface area contributed by atoms with E-state index in [0.29, 0.717) is 25.3 Å². The number of hydrogen-bond acceptors (Lipinski definition) is 4. The normalized spacial score (nSPS) is 15.0. The minimum Gasteiger partial charge on any atom is -0.491 e. The molecule has 34 heavy (non-hydrogen) atoms. The number of nitrogens with zero attached hydrogens (tertiary/aromatic N) is 2. The molecule has 2 heterocycles. The van der Waals surface area contributed by atoms with Crippen molar-refractivity contribution in [2.45, 2.75) is 32.7 Å². The SMILES string of the molecule is CCCN(CC(=O)N1CCc2sccc2[C@@H]1COc1ccc(C)cc1)C(=O)c1cccc(Br)c1. The number of hydrogen-bond donors (Lipinski definition) is 0. The topological polar surface area (TPSA) is 49.9 Å². The summed E-state index contributed by atoms with van der Waals surface area (Å²) in [6.07, 6.45) is 1.61. The van der Waals surface area contributed by atoms with Crippen LogP contribution in [0.4, 0.5) is 0 Å². The van der Waals surface area contributed by atoms with E-state index < -0.39 is 0 Å². The lowest BCUT2D eigenvalue weighted by Gasteiger charge is -2.37. The van der Waals surface area contributed by atoms with Crippen LogP contribution in [0.1, 0.15) is 45.7 Å². The molecule has 1 aliphatic heterocycles. The van der Waals surface area contributed by atoms with Crippen LogP contribution in [-0.4, -0.2) is 47.9 Å². The Hall–Kier alpha value is -2.64. The number of amides is 2. The number of halogens is 1. The minimum atomic E-state index is -0.173. The van der Waals surface area contributed by atoms with Gasteiger partial charge in [0, 0.05) is 28.0 Å². The Kier molecular flexibility index (Phi) is 8.06. The Morgan fingerprint density at radius 3 is 2.71 bits per heavy atom. The van der Waals surface area contributed by atoms with Gasteiger partial charge in [0.25, 0.3) is 5.91 Å². The Morgan fingerprint density at radius 2 is 1.97 bits per heavy atom. The van der Waals surface area contributed by atoms with E-state index in [1.54, 1.807) is 28.4 Å². The third-order valence-electron chi connectivity index (χ3n) is 6.02. The van der Waals surface area contributed by atoms with Crippen molar-refractivity contribution >= 4 is 39.1 Å². The van der Waals surface area contributed by atoms with Gasteiger partial charge in [-0.2, -0.15) is 0 Å². The van der Waals surface area contributed by atoms with Crippen molar-refractivity contribution in [1.82, 2.24) is 9.80 Å². The third-order valence-corrected chi connectivity index (χ3v) is 7.51. The van der Waals surface area contributed by atoms with Crippen LogP contribution in [0.2, 0.25) is 0 Å². The molecule has 3 aromatic rings. The summed E-state index contributed by atoms with van der Waals surface area (Å²) in [6.45, 7) is 5.65. The molecule has 0 aliphatic carbocycles. The Balaban J connectivity index is 1.51. The lowest BCUT2D eigenvalue weighted by atomic mass is 10.0. The number of carbonyl (C=O) groups is 2. The maximum atomic E-state index is 13.6. The van der Waals surface area contributed by atoms with Crippen molar-refractivity contribution in [3.8, 4) is 5.75 Å². The molecule has 2 amide bonds. The molecular formula is C27H29BrN2O3S. The van der Waals surface area contributed by atoms with Gasteiger partial charge in [-0.05, 0) is 67.1 Å². The number of rotatable bonds is 8. The van der Waals surface area contributed by atoms with Gasteiger partial charge in [0.1, 0.15) is 18.9 Å². The number of thiophene rings is 1. The van der Waals surface area contributed by atoms with Crippen molar-refractivity contribution in [2.75, 3.05) is 26.2 Å². The molecule has 2 aromatic carbocycles. The summed E-state index contributed by atoms with van der Waals surface area (Å²) in [5, 5.41) is 2.08. The number of carbonyl (C=O) groups excluding carboxylic acids is 2. The highest BCUT2D eigenvalue weighted by Gasteiger charge is 2.33. The summed E-state index contributed by atoms with van der Waals surface area (Å²) >= 11 is 5.16. The van der Waals surface area contributed by atoms with Crippen molar-refractivity contribution < 1.29 is 14.3 Å². The second-order valence-corrected chi connectivity index (χ2v) is 10.4. The zero-order valence-corrected chi connectivity index (χ0v) is 21.9. The van der Waals surface area contributed by atoms with Gasteiger partial charge in [-0.1, -0.05) is 46.6 Å². The van der Waals surface area contributed by atoms with E-state index in [0.717, 1.165) is 28.6 Å². The van der Waals surface area contributed by atoms with E-state index in [9.17, 15) is 9.59 Å². The third kappa shape index (κ3) is 5.70. The van der Waals surface area contributed by atoms with Crippen LogP contribution < -0.4 is 4.74 Å². The first kappa shape index (κ1) is 24.5. The number of benzene rings is 2. The summed E-state index contributed by atoms with van der Waals surface area (Å²) in [4.78, 5) is 31.6. The molecule has 0 unspecified atom stereocenters. The van der Waals surface area contributed by atoms with Crippen molar-refractivity contribution in [3.05, 3.63) is 86.0 Å². The monoisotopic (exact) mass is 540 g/mol. The first-order valence-corrected chi connectivity index (χ1v) is 13.2. The molecule has 0 spiro atoms. The van der Waals surface area contributed by atoms with E-state index in [4.69, 9.17) is 4.74 Å². The van der Waals surface area contributed by atoms with Crippen LogP contribution in [0, 0.1) is 6.92 Å². The summed E-state index contributed by atoms with van der Waals surface area (Å²) < 4.78 is 6.96. The fraction of sp³-hybridized carbons (Fsp3) is 0.333. The molecule has 4 rings (SSSR count). The Bertz CT molecular complexity index is 1140. The van der Waals surface area contributed by atoms with Crippen molar-refractivity contribution in [3.63, 3.8) is 0 Å². The van der Waals surface area contributed by atoms with Crippen LogP contribution in [-0.2, 0) is 11.2 Å². The zero-order valence-electron chi connectivity index (χ0n) is 19.5. The molecule has 0 radical (unpaired) electrons. The molecule has 0 bridgehead atoms. The fourth-order valence-corrected chi connectivity index (χ4v) is 5.59. The van der Waals surface area contributed by atoms with Crippen LogP contribution in [0.5, 0.6) is 5.75 Å². The predicted octanol–water partition coefficient (Wildman–Crippen LogP) is 5.88. The van der Waals surface area contributed by atoms with Gasteiger partial charge in [-0.15, -0.1) is 11.3 Å². The Morgan fingerprint density at radius 1 is 1.18 bits per heavy atom. The first-order chi connectivity index (χ1) is 16.5. The van der Waals surface area contributed by atoms with Crippen LogP contribution in [0.25, 0.3) is 0 Å². The first-order valence-electron chi connectivity index (χ1n) is 11.6. The van der Waals surface area contributed by atoms with Crippen LogP contribution in [0.3, 0.4) is 0 Å². The maximum absolute atomic E-state index is 13.6. The van der Waals surface area contributed by atoms with Gasteiger partial charge in [0.15, 0.2) is 0 Å². The molecule has 1 aliphatic rings. The van der Waals surface area contributed by atoms with E-state index in [2.05, 4.69) is 27.4 Å². The molecule has 0 saturated heterocycles. The van der Waals surface area contributed by atoms with E-state index >= 15 is 0 Å². The molecule has 178 valence electrons. The average molecular weight is 542 g/mol. The molecule has 7 heteroatoms. The number of ether oxygens (including phenoxy) is 1. The standard InChI is InChI=1S/C27H29BrN2O3S/c1-3-13-29(27(32)20-5-4-6-21(28)16-20)17-26(31)30-14-11-25-23(12-15-34-25)24(30)18-33-22-9-7-19(2)8-10-22/h4-10,12,15-16,24H,3,11,13-14,17-18H2,1-2H3/t24-/m0/s1. The molecule has 0 fully saturated rings. The molecular weight excluding hydrogens is 512 g/mol. The Labute approximate surface area is 213 Å². The van der Waals surface area contributed by atoms with Crippen LogP contribution >= 0.6 is 27.3 Å². The minimum absolute atomic E-state index is 0.0499. The lowest BCUT2D eigenvalue weighted by Crippen LogP contribution is -2.48. The highest BCUT2D eigenvalue weighted by molar-refractivity contribution is 9.10. The highest BCUT2D eigenvalue weighted by atomic mass is 79.9. The van der Waals surface area contributed by atoms with Gasteiger partial charge in [-0.3, -0.25) is 9.59 Å². The predicted molar refractivity (Wildman–Crippen MR) is 139 cm³/mol. The highest BCUT2D eigenvalue weighted by Crippen LogP contribution is 2.34. The summed E-state index contributed by atoms with van der Waals surface area (Å²) in [5.41, 5.74) is 2.90. The molecule has 1 aromatic heterocycles. The van der Waals surface area contributed by atoms with E-state index in [1.807, 2.05) is 55.1 Å². The van der Waals surface area contributed by atoms with Gasteiger partial charge in [0.2, 0.25) is 5.91 Å². The largest absolute Gasteiger partial charge is 0.491 e. The number of aryl methyl sites for hydroxylation is 1. The molecule has 0 N–H and O–H groups in total.